The minimum absolute atomic E-state index is 0.180. The summed E-state index contributed by atoms with van der Waals surface area (Å²) >= 11 is 0. The lowest BCUT2D eigenvalue weighted by Crippen LogP contribution is -2.30. The van der Waals surface area contributed by atoms with Crippen molar-refractivity contribution in [3.63, 3.8) is 0 Å². The van der Waals surface area contributed by atoms with Crippen molar-refractivity contribution >= 4 is 17.5 Å². The first-order valence-electron chi connectivity index (χ1n) is 8.89. The second-order valence-electron chi connectivity index (χ2n) is 6.59. The van der Waals surface area contributed by atoms with E-state index in [1.807, 2.05) is 6.07 Å². The lowest BCUT2D eigenvalue weighted by atomic mass is 10.0. The zero-order valence-electron chi connectivity index (χ0n) is 13.8. The van der Waals surface area contributed by atoms with Crippen LogP contribution in [-0.4, -0.2) is 42.1 Å². The highest BCUT2D eigenvalue weighted by atomic mass is 16.1. The van der Waals surface area contributed by atoms with E-state index in [1.54, 1.807) is 6.33 Å². The smallest absolute Gasteiger partial charge is 0.220 e. The Hall–Kier alpha value is -1.85. The highest BCUT2D eigenvalue weighted by Gasteiger charge is 2.18. The van der Waals surface area contributed by atoms with Gasteiger partial charge in [0.05, 0.1) is 0 Å². The molecule has 2 N–H and O–H groups in total. The number of nitrogens with zero attached hydrogens (tertiary/aromatic N) is 3. The van der Waals surface area contributed by atoms with Crippen molar-refractivity contribution in [1.82, 2.24) is 15.3 Å². The van der Waals surface area contributed by atoms with E-state index in [9.17, 15) is 4.79 Å². The van der Waals surface area contributed by atoms with Crippen molar-refractivity contribution < 1.29 is 4.79 Å². The first kappa shape index (κ1) is 16.0. The second-order valence-corrected chi connectivity index (χ2v) is 6.59. The van der Waals surface area contributed by atoms with Crippen LogP contribution in [0, 0.1) is 5.92 Å². The summed E-state index contributed by atoms with van der Waals surface area (Å²) in [6, 6.07) is 1.99. The molecular weight excluding hydrogens is 290 g/mol. The first-order valence-corrected chi connectivity index (χ1v) is 8.89. The third kappa shape index (κ3) is 4.81. The van der Waals surface area contributed by atoms with Crippen molar-refractivity contribution in [1.29, 1.82) is 0 Å². The van der Waals surface area contributed by atoms with Crippen LogP contribution in [0.1, 0.15) is 44.9 Å². The van der Waals surface area contributed by atoms with Crippen molar-refractivity contribution in [3.05, 3.63) is 12.4 Å². The van der Waals surface area contributed by atoms with Crippen LogP contribution >= 0.6 is 0 Å². The highest BCUT2D eigenvalue weighted by Crippen LogP contribution is 2.27. The maximum atomic E-state index is 11.9. The van der Waals surface area contributed by atoms with Gasteiger partial charge in [0.2, 0.25) is 5.91 Å². The molecule has 2 aliphatic rings. The number of amides is 1. The van der Waals surface area contributed by atoms with Gasteiger partial charge in [0.1, 0.15) is 18.0 Å². The molecule has 1 amide bonds. The van der Waals surface area contributed by atoms with Gasteiger partial charge in [0, 0.05) is 38.7 Å². The van der Waals surface area contributed by atoms with Crippen LogP contribution in [-0.2, 0) is 4.79 Å². The van der Waals surface area contributed by atoms with Gasteiger partial charge in [0.25, 0.3) is 0 Å². The van der Waals surface area contributed by atoms with Gasteiger partial charge in [-0.15, -0.1) is 0 Å². The lowest BCUT2D eigenvalue weighted by molar-refractivity contribution is -0.121. The molecule has 1 aromatic heterocycles. The zero-order chi connectivity index (χ0) is 15.9. The molecule has 1 saturated carbocycles. The molecule has 3 rings (SSSR count). The van der Waals surface area contributed by atoms with Crippen LogP contribution in [0.2, 0.25) is 0 Å². The molecule has 1 aliphatic heterocycles. The van der Waals surface area contributed by atoms with Crippen molar-refractivity contribution in [3.8, 4) is 0 Å². The predicted molar refractivity (Wildman–Crippen MR) is 91.6 cm³/mol. The maximum absolute atomic E-state index is 11.9. The lowest BCUT2D eigenvalue weighted by Gasteiger charge is -2.16. The van der Waals surface area contributed by atoms with Crippen molar-refractivity contribution in [2.45, 2.75) is 44.9 Å². The Kier molecular flexibility index (Phi) is 5.66. The summed E-state index contributed by atoms with van der Waals surface area (Å²) in [5.74, 6) is 2.60. The fourth-order valence-corrected chi connectivity index (χ4v) is 3.50. The summed E-state index contributed by atoms with van der Waals surface area (Å²) in [6.07, 6.45) is 9.76. The van der Waals surface area contributed by atoms with Gasteiger partial charge in [-0.2, -0.15) is 0 Å². The SMILES string of the molecule is O=C(CC1CCCC1)NCCNc1cc(N2CCCC2)ncn1. The molecule has 0 unspecified atom stereocenters. The monoisotopic (exact) mass is 317 g/mol. The van der Waals surface area contributed by atoms with E-state index in [0.717, 1.165) is 24.7 Å². The number of hydrogen-bond acceptors (Lipinski definition) is 5. The number of nitrogens with one attached hydrogen (secondary N) is 2. The average molecular weight is 317 g/mol. The Bertz CT molecular complexity index is 509. The number of carbonyl (C=O) groups is 1. The maximum Gasteiger partial charge on any atom is 0.220 e. The molecule has 1 saturated heterocycles. The third-order valence-corrected chi connectivity index (χ3v) is 4.78. The van der Waals surface area contributed by atoms with Crippen molar-refractivity contribution in [2.24, 2.45) is 5.92 Å². The Morgan fingerprint density at radius 3 is 2.70 bits per heavy atom. The van der Waals surface area contributed by atoms with Gasteiger partial charge in [0.15, 0.2) is 0 Å². The number of anilines is 2. The van der Waals surface area contributed by atoms with Crippen LogP contribution in [0.3, 0.4) is 0 Å². The molecule has 0 aromatic carbocycles. The van der Waals surface area contributed by atoms with E-state index in [0.29, 0.717) is 25.4 Å². The zero-order valence-corrected chi connectivity index (χ0v) is 13.8. The van der Waals surface area contributed by atoms with Gasteiger partial charge in [-0.05, 0) is 31.6 Å². The summed E-state index contributed by atoms with van der Waals surface area (Å²) < 4.78 is 0. The molecule has 0 atom stereocenters. The van der Waals surface area contributed by atoms with Gasteiger partial charge < -0.3 is 15.5 Å². The number of carbonyl (C=O) groups excluding carboxylic acids is 1. The van der Waals surface area contributed by atoms with Crippen LogP contribution in [0.4, 0.5) is 11.6 Å². The van der Waals surface area contributed by atoms with Gasteiger partial charge in [-0.1, -0.05) is 12.8 Å². The third-order valence-electron chi connectivity index (χ3n) is 4.78. The number of rotatable bonds is 7. The van der Waals surface area contributed by atoms with E-state index in [2.05, 4.69) is 25.5 Å². The summed E-state index contributed by atoms with van der Waals surface area (Å²) in [4.78, 5) is 22.7. The normalized spacial score (nSPS) is 18.3. The topological polar surface area (TPSA) is 70.2 Å². The summed E-state index contributed by atoms with van der Waals surface area (Å²) in [5.41, 5.74) is 0. The fourth-order valence-electron chi connectivity index (χ4n) is 3.50. The van der Waals surface area contributed by atoms with Crippen LogP contribution in [0.15, 0.2) is 12.4 Å². The molecule has 6 nitrogen and oxygen atoms in total. The summed E-state index contributed by atoms with van der Waals surface area (Å²) in [7, 11) is 0. The molecule has 0 spiro atoms. The molecule has 6 heteroatoms. The van der Waals surface area contributed by atoms with E-state index in [4.69, 9.17) is 0 Å². The van der Waals surface area contributed by atoms with Crippen molar-refractivity contribution in [2.75, 3.05) is 36.4 Å². The average Bonchev–Trinajstić information content (AvgIpc) is 3.25. The van der Waals surface area contributed by atoms with E-state index < -0.39 is 0 Å². The summed E-state index contributed by atoms with van der Waals surface area (Å²) in [5, 5.41) is 6.26. The first-order chi connectivity index (χ1) is 11.3. The standard InChI is InChI=1S/C17H27N5O/c23-17(11-14-5-1-2-6-14)19-8-7-18-15-12-16(21-13-20-15)22-9-3-4-10-22/h12-14H,1-11H2,(H,19,23)(H,18,20,21). The minimum Gasteiger partial charge on any atom is -0.368 e. The Morgan fingerprint density at radius 1 is 1.13 bits per heavy atom. The van der Waals surface area contributed by atoms with Crippen LogP contribution in [0.5, 0.6) is 0 Å². The fraction of sp³-hybridized carbons (Fsp3) is 0.706. The van der Waals surface area contributed by atoms with Gasteiger partial charge >= 0.3 is 0 Å². The molecule has 0 bridgehead atoms. The van der Waals surface area contributed by atoms with Crippen LogP contribution in [0.25, 0.3) is 0 Å². The quantitative estimate of drug-likeness (QED) is 0.754. The van der Waals surface area contributed by atoms with E-state index in [-0.39, 0.29) is 5.91 Å². The second kappa shape index (κ2) is 8.13. The van der Waals surface area contributed by atoms with Gasteiger partial charge in [-0.25, -0.2) is 9.97 Å². The number of aromatic nitrogens is 2. The molecule has 23 heavy (non-hydrogen) atoms. The Balaban J connectivity index is 1.36. The molecule has 2 fully saturated rings. The Labute approximate surface area is 138 Å². The minimum atomic E-state index is 0.180. The highest BCUT2D eigenvalue weighted by molar-refractivity contribution is 5.76. The number of hydrogen-bond donors (Lipinski definition) is 2. The summed E-state index contributed by atoms with van der Waals surface area (Å²) in [6.45, 7) is 3.48. The van der Waals surface area contributed by atoms with Crippen LogP contribution < -0.4 is 15.5 Å². The molecule has 2 heterocycles. The van der Waals surface area contributed by atoms with E-state index >= 15 is 0 Å². The predicted octanol–water partition coefficient (Wildman–Crippen LogP) is 2.19. The van der Waals surface area contributed by atoms with Gasteiger partial charge in [-0.3, -0.25) is 4.79 Å². The largest absolute Gasteiger partial charge is 0.368 e. The molecule has 1 aliphatic carbocycles. The molecular formula is C17H27N5O. The Morgan fingerprint density at radius 2 is 1.91 bits per heavy atom. The molecule has 0 radical (unpaired) electrons. The molecule has 126 valence electrons. The van der Waals surface area contributed by atoms with E-state index in [1.165, 1.54) is 38.5 Å². The molecule has 1 aromatic rings.